The monoisotopic (exact) mass is 199 g/mol. The lowest BCUT2D eigenvalue weighted by molar-refractivity contribution is -0.141. The molecule has 2 aliphatic heterocycles. The predicted molar refractivity (Wildman–Crippen MR) is 51.2 cm³/mol. The van der Waals surface area contributed by atoms with Gasteiger partial charge in [-0.15, -0.1) is 0 Å². The fourth-order valence-corrected chi connectivity index (χ4v) is 2.71. The molecule has 0 aliphatic carbocycles. The minimum absolute atomic E-state index is 0.218. The Kier molecular flexibility index (Phi) is 2.49. The predicted octanol–water partition coefficient (Wildman–Crippen LogP) is 0.572. The van der Waals surface area contributed by atoms with Crippen molar-refractivity contribution in [2.24, 2.45) is 5.41 Å². The van der Waals surface area contributed by atoms with Gasteiger partial charge in [0.1, 0.15) is 6.04 Å². The fourth-order valence-electron chi connectivity index (χ4n) is 2.71. The van der Waals surface area contributed by atoms with Crippen LogP contribution >= 0.6 is 0 Å². The Hall–Kier alpha value is -0.610. The van der Waals surface area contributed by atoms with Crippen molar-refractivity contribution in [1.29, 1.82) is 0 Å². The zero-order valence-electron chi connectivity index (χ0n) is 8.53. The van der Waals surface area contributed by atoms with Crippen LogP contribution < -0.4 is 0 Å². The van der Waals surface area contributed by atoms with E-state index in [1.165, 1.54) is 0 Å². The number of hydrogen-bond donors (Lipinski definition) is 1. The number of likely N-dealkylation sites (N-methyl/N-ethyl adjacent to an activating group) is 1. The molecule has 14 heavy (non-hydrogen) atoms. The number of carboxylic acid groups (broad SMARTS) is 1. The Bertz CT molecular complexity index is 236. The summed E-state index contributed by atoms with van der Waals surface area (Å²) in [7, 11) is 1.91. The number of likely N-dealkylation sites (tertiary alicyclic amines) is 1. The van der Waals surface area contributed by atoms with Gasteiger partial charge in [0.25, 0.3) is 0 Å². The first-order valence-corrected chi connectivity index (χ1v) is 5.14. The Balaban J connectivity index is 2.06. The van der Waals surface area contributed by atoms with Gasteiger partial charge in [-0.3, -0.25) is 9.69 Å². The van der Waals surface area contributed by atoms with Gasteiger partial charge in [0.05, 0.1) is 0 Å². The standard InChI is InChI=1S/C10H17NO3/c1-11-7-10(2-4-14-5-3-10)6-8(11)9(12)13/h8H,2-7H2,1H3,(H,12,13). The lowest BCUT2D eigenvalue weighted by atomic mass is 9.78. The summed E-state index contributed by atoms with van der Waals surface area (Å²) >= 11 is 0. The van der Waals surface area contributed by atoms with Crippen LogP contribution in [0.2, 0.25) is 0 Å². The summed E-state index contributed by atoms with van der Waals surface area (Å²) in [4.78, 5) is 12.9. The Morgan fingerprint density at radius 2 is 2.14 bits per heavy atom. The van der Waals surface area contributed by atoms with E-state index in [1.807, 2.05) is 11.9 Å². The second-order valence-corrected chi connectivity index (χ2v) is 4.59. The molecule has 1 spiro atoms. The van der Waals surface area contributed by atoms with Gasteiger partial charge in [-0.1, -0.05) is 0 Å². The molecular weight excluding hydrogens is 182 g/mol. The van der Waals surface area contributed by atoms with Crippen LogP contribution in [0.1, 0.15) is 19.3 Å². The van der Waals surface area contributed by atoms with Crippen LogP contribution in [0, 0.1) is 5.41 Å². The summed E-state index contributed by atoms with van der Waals surface area (Å²) < 4.78 is 5.32. The number of carboxylic acids is 1. The van der Waals surface area contributed by atoms with Crippen LogP contribution in [0.15, 0.2) is 0 Å². The molecule has 1 atom stereocenters. The smallest absolute Gasteiger partial charge is 0.320 e. The molecular formula is C10H17NO3. The summed E-state index contributed by atoms with van der Waals surface area (Å²) in [5, 5.41) is 9.02. The molecule has 0 aromatic rings. The minimum Gasteiger partial charge on any atom is -0.480 e. The second kappa shape index (κ2) is 3.51. The van der Waals surface area contributed by atoms with E-state index >= 15 is 0 Å². The third-order valence-corrected chi connectivity index (χ3v) is 3.58. The molecule has 1 N–H and O–H groups in total. The highest BCUT2D eigenvalue weighted by atomic mass is 16.5. The molecule has 4 nitrogen and oxygen atoms in total. The minimum atomic E-state index is -0.684. The van der Waals surface area contributed by atoms with Gasteiger partial charge in [0.15, 0.2) is 0 Å². The molecule has 0 radical (unpaired) electrons. The molecule has 80 valence electrons. The zero-order chi connectivity index (χ0) is 10.2. The molecule has 2 fully saturated rings. The molecule has 2 heterocycles. The summed E-state index contributed by atoms with van der Waals surface area (Å²) in [6, 6.07) is -0.284. The van der Waals surface area contributed by atoms with E-state index in [9.17, 15) is 4.79 Å². The van der Waals surface area contributed by atoms with E-state index in [0.717, 1.165) is 39.0 Å². The van der Waals surface area contributed by atoms with E-state index in [2.05, 4.69) is 0 Å². The average Bonchev–Trinajstić information content (AvgIpc) is 2.44. The van der Waals surface area contributed by atoms with Crippen molar-refractivity contribution in [3.63, 3.8) is 0 Å². The molecule has 0 aromatic heterocycles. The molecule has 0 saturated carbocycles. The molecule has 2 rings (SSSR count). The van der Waals surface area contributed by atoms with Gasteiger partial charge in [0, 0.05) is 19.8 Å². The highest BCUT2D eigenvalue weighted by Gasteiger charge is 2.45. The Morgan fingerprint density at radius 3 is 2.64 bits per heavy atom. The first kappa shape index (κ1) is 9.93. The van der Waals surface area contributed by atoms with E-state index in [-0.39, 0.29) is 11.5 Å². The first-order valence-electron chi connectivity index (χ1n) is 5.14. The van der Waals surface area contributed by atoms with Crippen LogP contribution in [-0.4, -0.2) is 48.8 Å². The first-order chi connectivity index (χ1) is 6.63. The quantitative estimate of drug-likeness (QED) is 0.671. The third kappa shape index (κ3) is 1.64. The van der Waals surface area contributed by atoms with E-state index in [4.69, 9.17) is 9.84 Å². The number of aliphatic carboxylic acids is 1. The van der Waals surface area contributed by atoms with Crippen LogP contribution in [-0.2, 0) is 9.53 Å². The third-order valence-electron chi connectivity index (χ3n) is 3.58. The van der Waals surface area contributed by atoms with Gasteiger partial charge in [0.2, 0.25) is 0 Å². The van der Waals surface area contributed by atoms with Crippen molar-refractivity contribution in [2.45, 2.75) is 25.3 Å². The van der Waals surface area contributed by atoms with Crippen LogP contribution in [0.4, 0.5) is 0 Å². The van der Waals surface area contributed by atoms with Crippen molar-refractivity contribution in [2.75, 3.05) is 26.8 Å². The van der Waals surface area contributed by atoms with Gasteiger partial charge >= 0.3 is 5.97 Å². The Morgan fingerprint density at radius 1 is 1.50 bits per heavy atom. The average molecular weight is 199 g/mol. The number of nitrogens with zero attached hydrogens (tertiary/aromatic N) is 1. The van der Waals surface area contributed by atoms with Crippen molar-refractivity contribution in [3.05, 3.63) is 0 Å². The largest absolute Gasteiger partial charge is 0.480 e. The maximum atomic E-state index is 11.0. The van der Waals surface area contributed by atoms with Crippen molar-refractivity contribution in [1.82, 2.24) is 4.90 Å². The van der Waals surface area contributed by atoms with Crippen molar-refractivity contribution < 1.29 is 14.6 Å². The molecule has 2 aliphatic rings. The van der Waals surface area contributed by atoms with E-state index in [0.29, 0.717) is 0 Å². The van der Waals surface area contributed by atoms with E-state index in [1.54, 1.807) is 0 Å². The lowest BCUT2D eigenvalue weighted by Crippen LogP contribution is -2.33. The van der Waals surface area contributed by atoms with Gasteiger partial charge in [-0.05, 0) is 31.7 Å². The summed E-state index contributed by atoms with van der Waals surface area (Å²) in [6.45, 7) is 2.49. The fraction of sp³-hybridized carbons (Fsp3) is 0.900. The summed E-state index contributed by atoms with van der Waals surface area (Å²) in [5.74, 6) is -0.684. The lowest BCUT2D eigenvalue weighted by Gasteiger charge is -2.32. The molecule has 0 amide bonds. The number of hydrogen-bond acceptors (Lipinski definition) is 3. The van der Waals surface area contributed by atoms with Crippen molar-refractivity contribution in [3.8, 4) is 0 Å². The van der Waals surface area contributed by atoms with Gasteiger partial charge in [-0.2, -0.15) is 0 Å². The van der Waals surface area contributed by atoms with Gasteiger partial charge < -0.3 is 9.84 Å². The Labute approximate surface area is 83.8 Å². The summed E-state index contributed by atoms with van der Waals surface area (Å²) in [6.07, 6.45) is 2.82. The van der Waals surface area contributed by atoms with E-state index < -0.39 is 5.97 Å². The number of rotatable bonds is 1. The highest BCUT2D eigenvalue weighted by Crippen LogP contribution is 2.42. The molecule has 4 heteroatoms. The number of carbonyl (C=O) groups is 1. The molecule has 0 bridgehead atoms. The van der Waals surface area contributed by atoms with Crippen LogP contribution in [0.25, 0.3) is 0 Å². The van der Waals surface area contributed by atoms with Gasteiger partial charge in [-0.25, -0.2) is 0 Å². The maximum Gasteiger partial charge on any atom is 0.320 e. The molecule has 0 aromatic carbocycles. The van der Waals surface area contributed by atoms with Crippen LogP contribution in [0.5, 0.6) is 0 Å². The van der Waals surface area contributed by atoms with Crippen LogP contribution in [0.3, 0.4) is 0 Å². The number of ether oxygens (including phenoxy) is 1. The SMILES string of the molecule is CN1CC2(CCOCC2)CC1C(=O)O. The normalized spacial score (nSPS) is 32.2. The topological polar surface area (TPSA) is 49.8 Å². The maximum absolute atomic E-state index is 11.0. The molecule has 2 saturated heterocycles. The van der Waals surface area contributed by atoms with Crippen molar-refractivity contribution >= 4 is 5.97 Å². The summed E-state index contributed by atoms with van der Waals surface area (Å²) in [5.41, 5.74) is 0.218. The highest BCUT2D eigenvalue weighted by molar-refractivity contribution is 5.74. The zero-order valence-corrected chi connectivity index (χ0v) is 8.53. The second-order valence-electron chi connectivity index (χ2n) is 4.59. The molecule has 1 unspecified atom stereocenters.